The van der Waals surface area contributed by atoms with Crippen LogP contribution in [-0.4, -0.2) is 40.7 Å². The van der Waals surface area contributed by atoms with Gasteiger partial charge in [0.2, 0.25) is 0 Å². The van der Waals surface area contributed by atoms with Gasteiger partial charge in [0.1, 0.15) is 11.4 Å². The topological polar surface area (TPSA) is 54.5 Å². The van der Waals surface area contributed by atoms with Crippen LogP contribution >= 0.6 is 15.9 Å². The molecular formula is C15H22BrN3O2. The fourth-order valence-corrected chi connectivity index (χ4v) is 2.49. The molecule has 0 aliphatic carbocycles. The number of hydrogen-bond acceptors (Lipinski definition) is 4. The summed E-state index contributed by atoms with van der Waals surface area (Å²) in [6, 6.07) is 4.08. The van der Waals surface area contributed by atoms with Gasteiger partial charge < -0.3 is 15.0 Å². The highest BCUT2D eigenvalue weighted by molar-refractivity contribution is 9.10. The summed E-state index contributed by atoms with van der Waals surface area (Å²) in [5.41, 5.74) is -0.454. The molecule has 1 aromatic heterocycles. The summed E-state index contributed by atoms with van der Waals surface area (Å²) in [6.45, 7) is 7.05. The molecule has 6 heteroatoms. The highest BCUT2D eigenvalue weighted by atomic mass is 79.9. The number of piperidine rings is 1. The zero-order valence-electron chi connectivity index (χ0n) is 12.7. The summed E-state index contributed by atoms with van der Waals surface area (Å²) in [6.07, 6.45) is 3.51. The Bertz CT molecular complexity index is 485. The maximum Gasteiger partial charge on any atom is 0.410 e. The van der Waals surface area contributed by atoms with E-state index in [0.29, 0.717) is 6.54 Å². The molecule has 5 nitrogen and oxygen atoms in total. The monoisotopic (exact) mass is 355 g/mol. The minimum absolute atomic E-state index is 0.208. The number of carbonyl (C=O) groups excluding carboxylic acids is 1. The first-order valence-corrected chi connectivity index (χ1v) is 7.99. The lowest BCUT2D eigenvalue weighted by molar-refractivity contribution is 0.0206. The quantitative estimate of drug-likeness (QED) is 0.879. The van der Waals surface area contributed by atoms with Gasteiger partial charge in [-0.25, -0.2) is 9.78 Å². The number of likely N-dealkylation sites (tertiary alicyclic amines) is 1. The molecule has 0 unspecified atom stereocenters. The minimum Gasteiger partial charge on any atom is -0.444 e. The van der Waals surface area contributed by atoms with Crippen LogP contribution < -0.4 is 5.32 Å². The van der Waals surface area contributed by atoms with Gasteiger partial charge in [-0.2, -0.15) is 0 Å². The van der Waals surface area contributed by atoms with Crippen LogP contribution in [0.3, 0.4) is 0 Å². The van der Waals surface area contributed by atoms with Gasteiger partial charge in [-0.05, 0) is 61.7 Å². The highest BCUT2D eigenvalue weighted by Gasteiger charge is 2.27. The second kappa shape index (κ2) is 6.64. The molecule has 1 N–H and O–H groups in total. The van der Waals surface area contributed by atoms with Crippen molar-refractivity contribution in [1.82, 2.24) is 9.88 Å². The number of nitrogens with one attached hydrogen (secondary N) is 1. The van der Waals surface area contributed by atoms with Crippen molar-refractivity contribution in [1.29, 1.82) is 0 Å². The largest absolute Gasteiger partial charge is 0.444 e. The number of nitrogens with zero attached hydrogens (tertiary/aromatic N) is 2. The van der Waals surface area contributed by atoms with Crippen molar-refractivity contribution in [2.24, 2.45) is 0 Å². The van der Waals surface area contributed by atoms with Crippen LogP contribution in [-0.2, 0) is 4.74 Å². The number of amides is 1. The third kappa shape index (κ3) is 5.19. The van der Waals surface area contributed by atoms with E-state index < -0.39 is 5.60 Å². The molecule has 0 aromatic carbocycles. The third-order valence-corrected chi connectivity index (χ3v) is 3.62. The van der Waals surface area contributed by atoms with Crippen molar-refractivity contribution in [3.63, 3.8) is 0 Å². The Morgan fingerprint density at radius 1 is 1.48 bits per heavy atom. The van der Waals surface area contributed by atoms with Crippen molar-refractivity contribution in [3.8, 4) is 0 Å². The van der Waals surface area contributed by atoms with Crippen LogP contribution in [0.15, 0.2) is 22.8 Å². The van der Waals surface area contributed by atoms with E-state index in [4.69, 9.17) is 4.74 Å². The molecule has 1 aliphatic heterocycles. The molecule has 1 amide bonds. The molecule has 0 radical (unpaired) electrons. The maximum absolute atomic E-state index is 12.1. The zero-order chi connectivity index (χ0) is 15.5. The SMILES string of the molecule is CC(C)(C)OC(=O)N1CCC[C@@H](Nc2ccc(Br)cn2)C1. The van der Waals surface area contributed by atoms with E-state index in [9.17, 15) is 4.79 Å². The summed E-state index contributed by atoms with van der Waals surface area (Å²) >= 11 is 3.37. The number of rotatable bonds is 2. The van der Waals surface area contributed by atoms with E-state index in [1.807, 2.05) is 32.9 Å². The molecule has 21 heavy (non-hydrogen) atoms. The minimum atomic E-state index is -0.454. The predicted octanol–water partition coefficient (Wildman–Crippen LogP) is 3.66. The molecule has 0 bridgehead atoms. The molecule has 0 spiro atoms. The summed E-state index contributed by atoms with van der Waals surface area (Å²) in [5, 5.41) is 3.37. The van der Waals surface area contributed by atoms with Gasteiger partial charge in [-0.15, -0.1) is 0 Å². The standard InChI is InChI=1S/C15H22BrN3O2/c1-15(2,3)21-14(20)19-8-4-5-12(10-19)18-13-7-6-11(16)9-17-13/h6-7,9,12H,4-5,8,10H2,1-3H3,(H,17,18)/t12-/m1/s1. The molecule has 2 heterocycles. The van der Waals surface area contributed by atoms with E-state index in [2.05, 4.69) is 26.2 Å². The smallest absolute Gasteiger partial charge is 0.410 e. The van der Waals surface area contributed by atoms with Crippen LogP contribution in [0.4, 0.5) is 10.6 Å². The number of pyridine rings is 1. The van der Waals surface area contributed by atoms with Crippen LogP contribution in [0.5, 0.6) is 0 Å². The summed E-state index contributed by atoms with van der Waals surface area (Å²) in [4.78, 5) is 18.2. The number of aromatic nitrogens is 1. The van der Waals surface area contributed by atoms with Crippen LogP contribution in [0.1, 0.15) is 33.6 Å². The van der Waals surface area contributed by atoms with Gasteiger partial charge in [0.15, 0.2) is 0 Å². The lowest BCUT2D eigenvalue weighted by Gasteiger charge is -2.34. The second-order valence-corrected chi connectivity index (χ2v) is 7.19. The normalized spacial score (nSPS) is 19.2. The Morgan fingerprint density at radius 3 is 2.86 bits per heavy atom. The lowest BCUT2D eigenvalue weighted by atomic mass is 10.1. The first-order chi connectivity index (χ1) is 9.83. The molecule has 1 atom stereocenters. The summed E-state index contributed by atoms with van der Waals surface area (Å²) < 4.78 is 6.38. The zero-order valence-corrected chi connectivity index (χ0v) is 14.3. The lowest BCUT2D eigenvalue weighted by Crippen LogP contribution is -2.47. The van der Waals surface area contributed by atoms with Gasteiger partial charge in [0.25, 0.3) is 0 Å². The van der Waals surface area contributed by atoms with Gasteiger partial charge in [0, 0.05) is 29.8 Å². The van der Waals surface area contributed by atoms with E-state index in [-0.39, 0.29) is 12.1 Å². The van der Waals surface area contributed by atoms with Crippen LogP contribution in [0.25, 0.3) is 0 Å². The molecule has 1 saturated heterocycles. The van der Waals surface area contributed by atoms with E-state index >= 15 is 0 Å². The second-order valence-electron chi connectivity index (χ2n) is 6.27. The highest BCUT2D eigenvalue weighted by Crippen LogP contribution is 2.18. The van der Waals surface area contributed by atoms with Crippen LogP contribution in [0, 0.1) is 0 Å². The first-order valence-electron chi connectivity index (χ1n) is 7.19. The van der Waals surface area contributed by atoms with E-state index in [1.165, 1.54) is 0 Å². The first kappa shape index (κ1) is 16.1. The number of hydrogen-bond donors (Lipinski definition) is 1. The molecule has 2 rings (SSSR count). The molecule has 0 saturated carbocycles. The molecule has 116 valence electrons. The number of halogens is 1. The van der Waals surface area contributed by atoms with E-state index in [1.54, 1.807) is 11.1 Å². The average molecular weight is 356 g/mol. The van der Waals surface area contributed by atoms with Crippen LogP contribution in [0.2, 0.25) is 0 Å². The van der Waals surface area contributed by atoms with Gasteiger partial charge >= 0.3 is 6.09 Å². The van der Waals surface area contributed by atoms with Gasteiger partial charge in [-0.3, -0.25) is 0 Å². The van der Waals surface area contributed by atoms with Crippen molar-refractivity contribution in [2.75, 3.05) is 18.4 Å². The van der Waals surface area contributed by atoms with Gasteiger partial charge in [-0.1, -0.05) is 0 Å². The Labute approximate surface area is 134 Å². The maximum atomic E-state index is 12.1. The Balaban J connectivity index is 1.91. The Hall–Kier alpha value is -1.30. The average Bonchev–Trinajstić information content (AvgIpc) is 2.40. The summed E-state index contributed by atoms with van der Waals surface area (Å²) in [7, 11) is 0. The van der Waals surface area contributed by atoms with Crippen molar-refractivity contribution < 1.29 is 9.53 Å². The predicted molar refractivity (Wildman–Crippen MR) is 86.4 cm³/mol. The fraction of sp³-hybridized carbons (Fsp3) is 0.600. The molecule has 1 aliphatic rings. The molecule has 1 aromatic rings. The molecule has 1 fully saturated rings. The number of ether oxygens (including phenoxy) is 1. The fourth-order valence-electron chi connectivity index (χ4n) is 2.26. The molecular weight excluding hydrogens is 334 g/mol. The van der Waals surface area contributed by atoms with E-state index in [0.717, 1.165) is 29.7 Å². The number of carbonyl (C=O) groups is 1. The Kier molecular flexibility index (Phi) is 5.08. The van der Waals surface area contributed by atoms with Crippen molar-refractivity contribution in [3.05, 3.63) is 22.8 Å². The third-order valence-electron chi connectivity index (χ3n) is 3.15. The van der Waals surface area contributed by atoms with Crippen molar-refractivity contribution >= 4 is 27.8 Å². The Morgan fingerprint density at radius 2 is 2.24 bits per heavy atom. The van der Waals surface area contributed by atoms with Gasteiger partial charge in [0.05, 0.1) is 0 Å². The summed E-state index contributed by atoms with van der Waals surface area (Å²) in [5.74, 6) is 0.828. The number of anilines is 1. The van der Waals surface area contributed by atoms with Crippen molar-refractivity contribution in [2.45, 2.75) is 45.3 Å².